The Morgan fingerprint density at radius 3 is 2.68 bits per heavy atom. The molecule has 2 atom stereocenters. The maximum absolute atomic E-state index is 12.7. The van der Waals surface area contributed by atoms with Crippen LogP contribution < -0.4 is 10.1 Å². The number of amides is 3. The number of nitrogens with one attached hydrogen (secondary N) is 1. The number of hydrogen-bond acceptors (Lipinski definition) is 4. The molecular weight excluding hydrogens is 358 g/mol. The van der Waals surface area contributed by atoms with E-state index in [9.17, 15) is 9.59 Å². The summed E-state index contributed by atoms with van der Waals surface area (Å²) in [6.07, 6.45) is 2.40. The van der Waals surface area contributed by atoms with Crippen LogP contribution in [0, 0.1) is 11.8 Å². The zero-order valence-electron chi connectivity index (χ0n) is 16.9. The number of rotatable bonds is 5. The number of methoxy groups -OCH3 is 1. The van der Waals surface area contributed by atoms with Gasteiger partial charge in [0.15, 0.2) is 0 Å². The third-order valence-corrected chi connectivity index (χ3v) is 5.82. The fourth-order valence-corrected chi connectivity index (χ4v) is 4.07. The molecule has 0 spiro atoms. The number of ether oxygens (including phenoxy) is 2. The molecule has 2 fully saturated rings. The molecule has 7 nitrogen and oxygen atoms in total. The first-order valence-corrected chi connectivity index (χ1v) is 10.2. The minimum absolute atomic E-state index is 0.0929. The summed E-state index contributed by atoms with van der Waals surface area (Å²) < 4.78 is 10.5. The van der Waals surface area contributed by atoms with Crippen LogP contribution in [0.5, 0.6) is 5.75 Å². The molecule has 2 aliphatic rings. The van der Waals surface area contributed by atoms with Crippen molar-refractivity contribution in [3.8, 4) is 5.75 Å². The number of morpholine rings is 1. The second kappa shape index (κ2) is 9.78. The second-order valence-electron chi connectivity index (χ2n) is 7.52. The average molecular weight is 389 g/mol. The van der Waals surface area contributed by atoms with Gasteiger partial charge in [0, 0.05) is 44.4 Å². The Morgan fingerprint density at radius 1 is 1.18 bits per heavy atom. The molecule has 154 valence electrons. The van der Waals surface area contributed by atoms with Crippen molar-refractivity contribution in [2.24, 2.45) is 11.8 Å². The topological polar surface area (TPSA) is 71.1 Å². The molecule has 0 radical (unpaired) electrons. The lowest BCUT2D eigenvalue weighted by Gasteiger charge is -2.39. The van der Waals surface area contributed by atoms with Gasteiger partial charge in [0.1, 0.15) is 5.75 Å². The molecule has 3 rings (SSSR count). The molecule has 0 saturated carbocycles. The van der Waals surface area contributed by atoms with Gasteiger partial charge in [-0.3, -0.25) is 4.79 Å². The van der Waals surface area contributed by atoms with Crippen LogP contribution in [0.15, 0.2) is 24.3 Å². The summed E-state index contributed by atoms with van der Waals surface area (Å²) >= 11 is 0. The Morgan fingerprint density at radius 2 is 1.96 bits per heavy atom. The summed E-state index contributed by atoms with van der Waals surface area (Å²) in [5.41, 5.74) is 0.724. The van der Waals surface area contributed by atoms with E-state index in [-0.39, 0.29) is 11.9 Å². The molecule has 2 saturated heterocycles. The summed E-state index contributed by atoms with van der Waals surface area (Å²) in [5, 5.41) is 2.96. The lowest BCUT2D eigenvalue weighted by molar-refractivity contribution is -0.137. The molecule has 28 heavy (non-hydrogen) atoms. The molecule has 0 aliphatic carbocycles. The smallest absolute Gasteiger partial charge is 0.321 e. The predicted molar refractivity (Wildman–Crippen MR) is 107 cm³/mol. The zero-order chi connectivity index (χ0) is 19.9. The van der Waals surface area contributed by atoms with Gasteiger partial charge in [0.2, 0.25) is 5.91 Å². The van der Waals surface area contributed by atoms with Crippen molar-refractivity contribution in [2.45, 2.75) is 26.2 Å². The van der Waals surface area contributed by atoms with Crippen molar-refractivity contribution in [3.63, 3.8) is 0 Å². The number of carbonyl (C=O) groups excluding carboxylic acids is 2. The highest BCUT2D eigenvalue weighted by atomic mass is 16.5. The molecule has 0 unspecified atom stereocenters. The minimum Gasteiger partial charge on any atom is -0.497 e. The summed E-state index contributed by atoms with van der Waals surface area (Å²) in [7, 11) is 1.61. The van der Waals surface area contributed by atoms with Crippen LogP contribution in [-0.2, 0) is 9.53 Å². The normalized spacial score (nSPS) is 22.6. The van der Waals surface area contributed by atoms with Crippen LogP contribution in [-0.4, -0.2) is 68.2 Å². The number of carbonyl (C=O) groups is 2. The molecule has 2 heterocycles. The molecule has 3 amide bonds. The molecule has 1 aromatic rings. The first-order valence-electron chi connectivity index (χ1n) is 10.2. The number of likely N-dealkylation sites (tertiary alicyclic amines) is 1. The van der Waals surface area contributed by atoms with Crippen LogP contribution in [0.2, 0.25) is 0 Å². The van der Waals surface area contributed by atoms with Gasteiger partial charge in [-0.25, -0.2) is 4.79 Å². The van der Waals surface area contributed by atoms with Gasteiger partial charge in [-0.1, -0.05) is 19.4 Å². The van der Waals surface area contributed by atoms with E-state index in [2.05, 4.69) is 12.2 Å². The van der Waals surface area contributed by atoms with Gasteiger partial charge in [0.25, 0.3) is 0 Å². The predicted octanol–water partition coefficient (Wildman–Crippen LogP) is 2.82. The highest BCUT2D eigenvalue weighted by Crippen LogP contribution is 2.30. The van der Waals surface area contributed by atoms with E-state index < -0.39 is 0 Å². The van der Waals surface area contributed by atoms with Crippen molar-refractivity contribution < 1.29 is 19.1 Å². The van der Waals surface area contributed by atoms with Crippen LogP contribution in [0.1, 0.15) is 26.2 Å². The maximum atomic E-state index is 12.7. The molecule has 1 N–H and O–H groups in total. The largest absolute Gasteiger partial charge is 0.497 e. The fraction of sp³-hybridized carbons (Fsp3) is 0.619. The lowest BCUT2D eigenvalue weighted by Crippen LogP contribution is -2.47. The van der Waals surface area contributed by atoms with Crippen molar-refractivity contribution in [2.75, 3.05) is 51.8 Å². The van der Waals surface area contributed by atoms with E-state index in [1.54, 1.807) is 7.11 Å². The highest BCUT2D eigenvalue weighted by molar-refractivity contribution is 5.89. The Bertz CT molecular complexity index is 675. The summed E-state index contributed by atoms with van der Waals surface area (Å²) in [6, 6.07) is 7.27. The average Bonchev–Trinajstić information content (AvgIpc) is 2.74. The summed E-state index contributed by atoms with van der Waals surface area (Å²) in [5.74, 6) is 1.61. The van der Waals surface area contributed by atoms with E-state index in [0.717, 1.165) is 18.5 Å². The maximum Gasteiger partial charge on any atom is 0.321 e. The lowest BCUT2D eigenvalue weighted by atomic mass is 9.81. The van der Waals surface area contributed by atoms with Crippen molar-refractivity contribution in [3.05, 3.63) is 24.3 Å². The molecule has 0 aromatic heterocycles. The Hall–Kier alpha value is -2.28. The summed E-state index contributed by atoms with van der Waals surface area (Å²) in [4.78, 5) is 29.1. The Labute approximate surface area is 167 Å². The van der Waals surface area contributed by atoms with E-state index in [1.807, 2.05) is 34.1 Å². The molecular formula is C21H31N3O4. The van der Waals surface area contributed by atoms with Gasteiger partial charge < -0.3 is 24.6 Å². The number of benzene rings is 1. The van der Waals surface area contributed by atoms with Gasteiger partial charge in [-0.2, -0.15) is 0 Å². The van der Waals surface area contributed by atoms with Gasteiger partial charge in [0.05, 0.1) is 20.3 Å². The molecule has 2 aliphatic heterocycles. The van der Waals surface area contributed by atoms with Crippen LogP contribution in [0.3, 0.4) is 0 Å². The van der Waals surface area contributed by atoms with E-state index >= 15 is 0 Å². The second-order valence-corrected chi connectivity index (χ2v) is 7.52. The Kier molecular flexibility index (Phi) is 7.14. The van der Waals surface area contributed by atoms with Gasteiger partial charge in [-0.05, 0) is 30.4 Å². The van der Waals surface area contributed by atoms with E-state index in [0.29, 0.717) is 63.4 Å². The van der Waals surface area contributed by atoms with Gasteiger partial charge >= 0.3 is 6.03 Å². The van der Waals surface area contributed by atoms with Gasteiger partial charge in [-0.15, -0.1) is 0 Å². The van der Waals surface area contributed by atoms with Crippen LogP contribution >= 0.6 is 0 Å². The number of nitrogens with zero attached hydrogens (tertiary/aromatic N) is 2. The highest BCUT2D eigenvalue weighted by Gasteiger charge is 2.33. The third kappa shape index (κ3) is 5.16. The van der Waals surface area contributed by atoms with Crippen LogP contribution in [0.25, 0.3) is 0 Å². The molecule has 0 bridgehead atoms. The van der Waals surface area contributed by atoms with E-state index in [4.69, 9.17) is 9.47 Å². The number of anilines is 1. The molecule has 1 aromatic carbocycles. The van der Waals surface area contributed by atoms with Crippen LogP contribution in [0.4, 0.5) is 10.5 Å². The minimum atomic E-state index is -0.0929. The quantitative estimate of drug-likeness (QED) is 0.841. The van der Waals surface area contributed by atoms with Crippen molar-refractivity contribution in [1.29, 1.82) is 0 Å². The first-order chi connectivity index (χ1) is 13.6. The number of piperidine rings is 1. The third-order valence-electron chi connectivity index (χ3n) is 5.82. The number of urea groups is 1. The Balaban J connectivity index is 1.54. The SMILES string of the molecule is CC[C@H]1CN(C(=O)Nc2cccc(OC)c2)CC[C@H]1CC(=O)N1CCOCC1. The van der Waals surface area contributed by atoms with Crippen molar-refractivity contribution >= 4 is 17.6 Å². The summed E-state index contributed by atoms with van der Waals surface area (Å²) in [6.45, 7) is 6.15. The first kappa shape index (κ1) is 20.5. The zero-order valence-corrected chi connectivity index (χ0v) is 16.9. The standard InChI is InChI=1S/C21H31N3O4/c1-3-16-15-24(21(26)22-18-5-4-6-19(14-18)27-2)8-7-17(16)13-20(25)23-9-11-28-12-10-23/h4-6,14,16-17H,3,7-13,15H2,1-2H3,(H,22,26)/t16-,17-/m0/s1. The molecule has 7 heteroatoms. The fourth-order valence-electron chi connectivity index (χ4n) is 4.07. The monoisotopic (exact) mass is 389 g/mol. The number of hydrogen-bond donors (Lipinski definition) is 1. The van der Waals surface area contributed by atoms with Crippen molar-refractivity contribution in [1.82, 2.24) is 9.80 Å². The van der Waals surface area contributed by atoms with E-state index in [1.165, 1.54) is 0 Å².